The fraction of sp³-hybridized carbons (Fsp3) is 0.125. The molecule has 5 heteroatoms. The maximum atomic E-state index is 12.7. The topological polar surface area (TPSA) is 35.2 Å². The van der Waals surface area contributed by atoms with Gasteiger partial charge in [-0.05, 0) is 28.1 Å². The summed E-state index contributed by atoms with van der Waals surface area (Å²) in [6.07, 6.45) is 0. The van der Waals surface area contributed by atoms with Crippen molar-refractivity contribution in [1.29, 1.82) is 0 Å². The van der Waals surface area contributed by atoms with Crippen LogP contribution in [0.3, 0.4) is 0 Å². The van der Waals surface area contributed by atoms with Crippen LogP contribution in [-0.2, 0) is 0 Å². The van der Waals surface area contributed by atoms with Gasteiger partial charge in [-0.3, -0.25) is 0 Å². The van der Waals surface area contributed by atoms with Crippen molar-refractivity contribution < 1.29 is 9.13 Å². The first kappa shape index (κ1) is 10.4. The Labute approximate surface area is 89.0 Å². The molecule has 2 nitrogen and oxygen atoms in total. The number of ether oxygens (including phenoxy) is 1. The molecule has 0 atom stereocenters. The van der Waals surface area contributed by atoms with E-state index in [1.165, 1.54) is 12.1 Å². The molecule has 0 aliphatic carbocycles. The third-order valence-electron chi connectivity index (χ3n) is 1.26. The summed E-state index contributed by atoms with van der Waals surface area (Å²) in [4.78, 5) is 0.233. The largest absolute Gasteiger partial charge is 0.485 e. The molecule has 0 radical (unpaired) electrons. The zero-order valence-electron chi connectivity index (χ0n) is 6.59. The van der Waals surface area contributed by atoms with Gasteiger partial charge in [-0.2, -0.15) is 0 Å². The Morgan fingerprint density at radius 2 is 2.31 bits per heavy atom. The average molecular weight is 264 g/mol. The van der Waals surface area contributed by atoms with Crippen LogP contribution in [0.5, 0.6) is 5.75 Å². The van der Waals surface area contributed by atoms with E-state index in [2.05, 4.69) is 28.1 Å². The molecule has 13 heavy (non-hydrogen) atoms. The summed E-state index contributed by atoms with van der Waals surface area (Å²) in [5, 5.41) is 0. The number of benzene rings is 1. The zero-order valence-corrected chi connectivity index (χ0v) is 8.99. The van der Waals surface area contributed by atoms with Crippen molar-refractivity contribution in [3.63, 3.8) is 0 Å². The minimum absolute atomic E-state index is 0.109. The Hall–Kier alpha value is -0.680. The molecule has 0 aromatic heterocycles. The first-order chi connectivity index (χ1) is 6.09. The van der Waals surface area contributed by atoms with E-state index in [9.17, 15) is 4.39 Å². The first-order valence-electron chi connectivity index (χ1n) is 3.46. The predicted octanol–water partition coefficient (Wildman–Crippen LogP) is 2.25. The van der Waals surface area contributed by atoms with E-state index in [-0.39, 0.29) is 17.4 Å². The molecule has 0 heterocycles. The summed E-state index contributed by atoms with van der Waals surface area (Å²) in [6, 6.07) is 4.16. The lowest BCUT2D eigenvalue weighted by Crippen LogP contribution is -2.18. The van der Waals surface area contributed by atoms with Crippen LogP contribution in [0, 0.1) is 5.82 Å². The summed E-state index contributed by atoms with van der Waals surface area (Å²) in [6.45, 7) is 0.109. The Morgan fingerprint density at radius 1 is 1.62 bits per heavy atom. The lowest BCUT2D eigenvalue weighted by atomic mass is 10.3. The summed E-state index contributed by atoms with van der Waals surface area (Å²) in [7, 11) is 0. The fourth-order valence-corrected chi connectivity index (χ4v) is 1.16. The maximum Gasteiger partial charge on any atom is 0.138 e. The quantitative estimate of drug-likeness (QED) is 0.850. The van der Waals surface area contributed by atoms with E-state index in [1.54, 1.807) is 6.07 Å². The predicted molar refractivity (Wildman–Crippen MR) is 56.4 cm³/mol. The van der Waals surface area contributed by atoms with Crippen LogP contribution >= 0.6 is 28.1 Å². The van der Waals surface area contributed by atoms with Gasteiger partial charge in [-0.25, -0.2) is 4.39 Å². The number of rotatable bonds is 3. The average Bonchev–Trinajstić information content (AvgIpc) is 2.06. The highest BCUT2D eigenvalue weighted by atomic mass is 79.9. The van der Waals surface area contributed by atoms with E-state index in [0.29, 0.717) is 10.2 Å². The number of nitrogens with two attached hydrogens (primary N) is 1. The number of hydrogen-bond acceptors (Lipinski definition) is 2. The Bertz CT molecular complexity index is 332. The van der Waals surface area contributed by atoms with Gasteiger partial charge in [0.1, 0.15) is 23.2 Å². The molecule has 0 saturated heterocycles. The van der Waals surface area contributed by atoms with E-state index in [4.69, 9.17) is 10.5 Å². The molecular weight excluding hydrogens is 257 g/mol. The van der Waals surface area contributed by atoms with Crippen molar-refractivity contribution in [2.45, 2.75) is 0 Å². The van der Waals surface area contributed by atoms with Crippen LogP contribution < -0.4 is 10.5 Å². The molecule has 2 N–H and O–H groups in total. The highest BCUT2D eigenvalue weighted by Gasteiger charge is 2.02. The van der Waals surface area contributed by atoms with Gasteiger partial charge >= 0.3 is 0 Å². The highest BCUT2D eigenvalue weighted by molar-refractivity contribution is 9.10. The van der Waals surface area contributed by atoms with Gasteiger partial charge in [0.2, 0.25) is 0 Å². The summed E-state index contributed by atoms with van der Waals surface area (Å²) >= 11 is 7.82. The smallest absolute Gasteiger partial charge is 0.138 e. The summed E-state index contributed by atoms with van der Waals surface area (Å²) < 4.78 is 18.5. The molecule has 1 rings (SSSR count). The van der Waals surface area contributed by atoms with Crippen LogP contribution in [0.4, 0.5) is 4.39 Å². The molecule has 0 aliphatic rings. The minimum Gasteiger partial charge on any atom is -0.485 e. The SMILES string of the molecule is NC(=S)COc1cc(F)ccc1Br. The lowest BCUT2D eigenvalue weighted by molar-refractivity contribution is 0.372. The van der Waals surface area contributed by atoms with Crippen LogP contribution in [0.25, 0.3) is 0 Å². The Kier molecular flexibility index (Phi) is 3.62. The lowest BCUT2D eigenvalue weighted by Gasteiger charge is -2.06. The van der Waals surface area contributed by atoms with Gasteiger partial charge in [0.05, 0.1) is 4.47 Å². The molecule has 1 aromatic rings. The molecule has 1 aromatic carbocycles. The molecule has 70 valence electrons. The molecule has 0 bridgehead atoms. The van der Waals surface area contributed by atoms with Crippen molar-refractivity contribution in [2.24, 2.45) is 5.73 Å². The van der Waals surface area contributed by atoms with Crippen molar-refractivity contribution in [3.8, 4) is 5.75 Å². The van der Waals surface area contributed by atoms with Crippen molar-refractivity contribution in [1.82, 2.24) is 0 Å². The van der Waals surface area contributed by atoms with E-state index in [1.807, 2.05) is 0 Å². The second kappa shape index (κ2) is 4.53. The molecule has 0 unspecified atom stereocenters. The molecule has 0 saturated carbocycles. The number of thiocarbonyl (C=S) groups is 1. The minimum atomic E-state index is -0.360. The van der Waals surface area contributed by atoms with E-state index >= 15 is 0 Å². The van der Waals surface area contributed by atoms with Crippen molar-refractivity contribution >= 4 is 33.1 Å². The number of halogens is 2. The van der Waals surface area contributed by atoms with E-state index in [0.717, 1.165) is 0 Å². The standard InChI is InChI=1S/C8H7BrFNOS/c9-6-2-1-5(10)3-7(6)12-4-8(11)13/h1-3H,4H2,(H2,11,13). The normalized spacial score (nSPS) is 9.69. The van der Waals surface area contributed by atoms with Crippen LogP contribution in [0.15, 0.2) is 22.7 Å². The third kappa shape index (κ3) is 3.28. The molecule has 0 amide bonds. The summed E-state index contributed by atoms with van der Waals surface area (Å²) in [5.41, 5.74) is 5.23. The van der Waals surface area contributed by atoms with Gasteiger partial charge in [-0.1, -0.05) is 12.2 Å². The third-order valence-corrected chi connectivity index (χ3v) is 2.04. The van der Waals surface area contributed by atoms with E-state index < -0.39 is 0 Å². The monoisotopic (exact) mass is 263 g/mol. The van der Waals surface area contributed by atoms with Gasteiger partial charge < -0.3 is 10.5 Å². The molecule has 0 spiro atoms. The highest BCUT2D eigenvalue weighted by Crippen LogP contribution is 2.25. The van der Waals surface area contributed by atoms with Gasteiger partial charge in [-0.15, -0.1) is 0 Å². The maximum absolute atomic E-state index is 12.7. The zero-order chi connectivity index (χ0) is 9.84. The second-order valence-corrected chi connectivity index (χ2v) is 3.71. The second-order valence-electron chi connectivity index (χ2n) is 2.33. The molecule has 0 fully saturated rings. The Morgan fingerprint density at radius 3 is 2.92 bits per heavy atom. The van der Waals surface area contributed by atoms with Gasteiger partial charge in [0.15, 0.2) is 0 Å². The van der Waals surface area contributed by atoms with Crippen LogP contribution in [0.1, 0.15) is 0 Å². The Balaban J connectivity index is 2.75. The van der Waals surface area contributed by atoms with Crippen LogP contribution in [0.2, 0.25) is 0 Å². The van der Waals surface area contributed by atoms with Gasteiger partial charge in [0.25, 0.3) is 0 Å². The first-order valence-corrected chi connectivity index (χ1v) is 4.66. The number of hydrogen-bond donors (Lipinski definition) is 1. The molecule has 0 aliphatic heterocycles. The van der Waals surface area contributed by atoms with Gasteiger partial charge in [0, 0.05) is 6.07 Å². The summed E-state index contributed by atoms with van der Waals surface area (Å²) in [5.74, 6) is 0.0361. The van der Waals surface area contributed by atoms with Crippen molar-refractivity contribution in [3.05, 3.63) is 28.5 Å². The van der Waals surface area contributed by atoms with Crippen molar-refractivity contribution in [2.75, 3.05) is 6.61 Å². The molecular formula is C8H7BrFNOS. The fourth-order valence-electron chi connectivity index (χ4n) is 0.737. The van der Waals surface area contributed by atoms with Crippen LogP contribution in [-0.4, -0.2) is 11.6 Å².